The molecule has 1 rings (SSSR count). The van der Waals surface area contributed by atoms with Gasteiger partial charge in [0.25, 0.3) is 0 Å². The van der Waals surface area contributed by atoms with Crippen molar-refractivity contribution in [3.63, 3.8) is 0 Å². The summed E-state index contributed by atoms with van der Waals surface area (Å²) in [5, 5.41) is 0.775. The Labute approximate surface area is 105 Å². The van der Waals surface area contributed by atoms with E-state index in [9.17, 15) is 4.79 Å². The third-order valence-electron chi connectivity index (χ3n) is 1.84. The molecular formula is C10H9Br2ClO. The van der Waals surface area contributed by atoms with Gasteiger partial charge < -0.3 is 0 Å². The summed E-state index contributed by atoms with van der Waals surface area (Å²) in [7, 11) is 0. The molecule has 0 aromatic heterocycles. The van der Waals surface area contributed by atoms with E-state index in [1.165, 1.54) is 0 Å². The molecule has 0 saturated carbocycles. The quantitative estimate of drug-likeness (QED) is 0.594. The minimum absolute atomic E-state index is 0.0850. The monoisotopic (exact) mass is 338 g/mol. The fourth-order valence-electron chi connectivity index (χ4n) is 1.06. The number of halogens is 3. The Morgan fingerprint density at radius 2 is 2.14 bits per heavy atom. The van der Waals surface area contributed by atoms with E-state index in [1.54, 1.807) is 0 Å². The van der Waals surface area contributed by atoms with E-state index >= 15 is 0 Å². The van der Waals surface area contributed by atoms with E-state index in [-0.39, 0.29) is 5.78 Å². The fraction of sp³-hybridized carbons (Fsp3) is 0.300. The minimum atomic E-state index is 0.0850. The Bertz CT molecular complexity index is 339. The molecule has 0 aliphatic carbocycles. The molecule has 0 N–H and O–H groups in total. The molecule has 0 fully saturated rings. The van der Waals surface area contributed by atoms with Crippen LogP contribution in [0.2, 0.25) is 0 Å². The second-order valence-electron chi connectivity index (χ2n) is 2.80. The molecule has 0 saturated heterocycles. The van der Waals surface area contributed by atoms with Crippen molar-refractivity contribution < 1.29 is 4.79 Å². The summed E-state index contributed by atoms with van der Waals surface area (Å²) in [5.41, 5.74) is 1.84. The van der Waals surface area contributed by atoms with E-state index in [4.69, 9.17) is 11.6 Å². The Balaban J connectivity index is 2.91. The molecule has 1 aromatic carbocycles. The molecule has 0 aliphatic heterocycles. The van der Waals surface area contributed by atoms with E-state index < -0.39 is 0 Å². The van der Waals surface area contributed by atoms with Crippen LogP contribution in [0.4, 0.5) is 0 Å². The van der Waals surface area contributed by atoms with Gasteiger partial charge in [-0.05, 0) is 11.6 Å². The van der Waals surface area contributed by atoms with Gasteiger partial charge in [-0.1, -0.05) is 44.0 Å². The number of hydrogen-bond donors (Lipinski definition) is 0. The SMILES string of the molecule is O=C(CCCl)c1ccc(CBr)c(Br)c1. The minimum Gasteiger partial charge on any atom is -0.294 e. The van der Waals surface area contributed by atoms with Crippen molar-refractivity contribution in [2.75, 3.05) is 5.88 Å². The number of Topliss-reactive ketones (excluding diaryl/α,β-unsaturated/α-hetero) is 1. The molecule has 0 heterocycles. The Hall–Kier alpha value is 0.140. The summed E-state index contributed by atoms with van der Waals surface area (Å²) in [6.07, 6.45) is 0.391. The van der Waals surface area contributed by atoms with Crippen LogP contribution in [0.5, 0.6) is 0 Å². The van der Waals surface area contributed by atoms with Gasteiger partial charge in [0.1, 0.15) is 0 Å². The zero-order chi connectivity index (χ0) is 10.6. The van der Waals surface area contributed by atoms with Crippen LogP contribution in [0.15, 0.2) is 22.7 Å². The summed E-state index contributed by atoms with van der Waals surface area (Å²) >= 11 is 12.3. The molecule has 14 heavy (non-hydrogen) atoms. The number of benzene rings is 1. The number of carbonyl (C=O) groups excluding carboxylic acids is 1. The van der Waals surface area contributed by atoms with Crippen molar-refractivity contribution in [1.82, 2.24) is 0 Å². The van der Waals surface area contributed by atoms with Crippen LogP contribution in [0.25, 0.3) is 0 Å². The van der Waals surface area contributed by atoms with Gasteiger partial charge >= 0.3 is 0 Å². The third kappa shape index (κ3) is 3.07. The number of hydrogen-bond acceptors (Lipinski definition) is 1. The first kappa shape index (κ1) is 12.2. The van der Waals surface area contributed by atoms with Gasteiger partial charge in [0, 0.05) is 27.7 Å². The maximum Gasteiger partial charge on any atom is 0.164 e. The van der Waals surface area contributed by atoms with Crippen LogP contribution < -0.4 is 0 Å². The lowest BCUT2D eigenvalue weighted by Crippen LogP contribution is -2.00. The molecule has 1 nitrogen and oxygen atoms in total. The number of ketones is 1. The van der Waals surface area contributed by atoms with Crippen molar-refractivity contribution in [3.8, 4) is 0 Å². The zero-order valence-corrected chi connectivity index (χ0v) is 11.3. The molecule has 0 amide bonds. The van der Waals surface area contributed by atoms with Crippen molar-refractivity contribution in [3.05, 3.63) is 33.8 Å². The number of carbonyl (C=O) groups is 1. The molecular weight excluding hydrogens is 331 g/mol. The van der Waals surface area contributed by atoms with Crippen molar-refractivity contribution >= 4 is 49.2 Å². The summed E-state index contributed by atoms with van der Waals surface area (Å²) in [4.78, 5) is 11.5. The summed E-state index contributed by atoms with van der Waals surface area (Å²) in [6, 6.07) is 5.60. The van der Waals surface area contributed by atoms with Crippen LogP contribution >= 0.6 is 43.5 Å². The average Bonchev–Trinajstić information content (AvgIpc) is 2.18. The van der Waals surface area contributed by atoms with Gasteiger partial charge in [0.15, 0.2) is 5.78 Å². The van der Waals surface area contributed by atoms with E-state index in [2.05, 4.69) is 31.9 Å². The predicted molar refractivity (Wildman–Crippen MR) is 66.4 cm³/mol. The number of rotatable bonds is 4. The molecule has 0 aliphatic rings. The van der Waals surface area contributed by atoms with Crippen LogP contribution in [0, 0.1) is 0 Å². The van der Waals surface area contributed by atoms with E-state index in [1.807, 2.05) is 18.2 Å². The van der Waals surface area contributed by atoms with Gasteiger partial charge in [0.2, 0.25) is 0 Å². The zero-order valence-electron chi connectivity index (χ0n) is 7.40. The maximum absolute atomic E-state index is 11.5. The largest absolute Gasteiger partial charge is 0.294 e. The van der Waals surface area contributed by atoms with Crippen LogP contribution in [0.3, 0.4) is 0 Å². The highest BCUT2D eigenvalue weighted by Crippen LogP contribution is 2.21. The van der Waals surface area contributed by atoms with Crippen molar-refractivity contribution in [2.24, 2.45) is 0 Å². The van der Waals surface area contributed by atoms with Crippen LogP contribution in [0.1, 0.15) is 22.3 Å². The lowest BCUT2D eigenvalue weighted by Gasteiger charge is -2.03. The van der Waals surface area contributed by atoms with Crippen molar-refractivity contribution in [2.45, 2.75) is 11.8 Å². The van der Waals surface area contributed by atoms with E-state index in [0.29, 0.717) is 17.9 Å². The second-order valence-corrected chi connectivity index (χ2v) is 4.60. The fourth-order valence-corrected chi connectivity index (χ4v) is 2.62. The Morgan fingerprint density at radius 3 is 2.64 bits per heavy atom. The topological polar surface area (TPSA) is 17.1 Å². The first-order chi connectivity index (χ1) is 6.69. The van der Waals surface area contributed by atoms with Gasteiger partial charge in [-0.25, -0.2) is 0 Å². The molecule has 0 radical (unpaired) electrons. The molecule has 0 atom stereocenters. The molecule has 1 aromatic rings. The van der Waals surface area contributed by atoms with Gasteiger partial charge in [-0.2, -0.15) is 0 Å². The van der Waals surface area contributed by atoms with Crippen LogP contribution in [-0.2, 0) is 5.33 Å². The highest BCUT2D eigenvalue weighted by atomic mass is 79.9. The van der Waals surface area contributed by atoms with Crippen molar-refractivity contribution in [1.29, 1.82) is 0 Å². The second kappa shape index (κ2) is 5.89. The Morgan fingerprint density at radius 1 is 1.43 bits per heavy atom. The molecule has 0 unspecified atom stereocenters. The Kier molecular flexibility index (Phi) is 5.13. The highest BCUT2D eigenvalue weighted by Gasteiger charge is 2.07. The third-order valence-corrected chi connectivity index (χ3v) is 3.37. The summed E-state index contributed by atoms with van der Waals surface area (Å²) in [5.74, 6) is 0.457. The normalized spacial score (nSPS) is 10.2. The van der Waals surface area contributed by atoms with Gasteiger partial charge in [0.05, 0.1) is 0 Å². The molecule has 0 bridgehead atoms. The highest BCUT2D eigenvalue weighted by molar-refractivity contribution is 9.10. The van der Waals surface area contributed by atoms with Crippen LogP contribution in [-0.4, -0.2) is 11.7 Å². The maximum atomic E-state index is 11.5. The lowest BCUT2D eigenvalue weighted by molar-refractivity contribution is 0.0989. The molecule has 76 valence electrons. The predicted octanol–water partition coefficient (Wildman–Crippen LogP) is 4.16. The smallest absolute Gasteiger partial charge is 0.164 e. The van der Waals surface area contributed by atoms with E-state index in [0.717, 1.165) is 15.4 Å². The average molecular weight is 340 g/mol. The van der Waals surface area contributed by atoms with Gasteiger partial charge in [-0.3, -0.25) is 4.79 Å². The molecule has 0 spiro atoms. The summed E-state index contributed by atoms with van der Waals surface area (Å²) in [6.45, 7) is 0. The summed E-state index contributed by atoms with van der Waals surface area (Å²) < 4.78 is 0.954. The molecule has 4 heteroatoms. The first-order valence-corrected chi connectivity index (χ1v) is 6.57. The number of alkyl halides is 2. The first-order valence-electron chi connectivity index (χ1n) is 4.12. The standard InChI is InChI=1S/C10H9Br2ClO/c11-6-8-2-1-7(5-9(8)12)10(14)3-4-13/h1-2,5H,3-4,6H2. The van der Waals surface area contributed by atoms with Gasteiger partial charge in [-0.15, -0.1) is 11.6 Å². The lowest BCUT2D eigenvalue weighted by atomic mass is 10.1.